The number of hydrogen-bond acceptors (Lipinski definition) is 6. The number of amides is 3. The van der Waals surface area contributed by atoms with Crippen molar-refractivity contribution in [3.05, 3.63) is 66.2 Å². The number of likely N-dealkylation sites (tertiary alicyclic amines) is 1. The van der Waals surface area contributed by atoms with Crippen LogP contribution in [-0.2, 0) is 14.3 Å². The third-order valence-electron chi connectivity index (χ3n) is 5.77. The van der Waals surface area contributed by atoms with Gasteiger partial charge in [-0.05, 0) is 88.1 Å². The highest BCUT2D eigenvalue weighted by atomic mass is 32.1. The zero-order valence-corrected chi connectivity index (χ0v) is 21.3. The molecule has 2 aliphatic rings. The zero-order chi connectivity index (χ0) is 25.9. The van der Waals surface area contributed by atoms with E-state index in [2.05, 4.69) is 5.32 Å². The summed E-state index contributed by atoms with van der Waals surface area (Å²) >= 11 is 5.30. The molecular formula is C27H29N3O5S. The fourth-order valence-corrected chi connectivity index (χ4v) is 4.29. The van der Waals surface area contributed by atoms with Crippen LogP contribution in [0.25, 0.3) is 0 Å². The van der Waals surface area contributed by atoms with Gasteiger partial charge in [-0.1, -0.05) is 24.3 Å². The Kier molecular flexibility index (Phi) is 7.40. The van der Waals surface area contributed by atoms with Crippen LogP contribution in [0.15, 0.2) is 66.2 Å². The molecule has 2 aromatic carbocycles. The molecule has 0 bridgehead atoms. The van der Waals surface area contributed by atoms with Crippen molar-refractivity contribution in [1.29, 1.82) is 0 Å². The number of thiocarbonyl (C=S) groups is 1. The van der Waals surface area contributed by atoms with Gasteiger partial charge in [0, 0.05) is 13.1 Å². The van der Waals surface area contributed by atoms with Crippen molar-refractivity contribution >= 4 is 40.9 Å². The average Bonchev–Trinajstić information content (AvgIpc) is 2.83. The van der Waals surface area contributed by atoms with E-state index < -0.39 is 17.4 Å². The Balaban J connectivity index is 1.44. The van der Waals surface area contributed by atoms with Crippen LogP contribution in [0, 0.1) is 5.92 Å². The van der Waals surface area contributed by atoms with E-state index in [0.717, 1.165) is 0 Å². The number of nitrogens with zero attached hydrogens (tertiary/aromatic N) is 2. The number of benzene rings is 2. The number of ether oxygens (including phenoxy) is 2. The van der Waals surface area contributed by atoms with E-state index in [0.29, 0.717) is 43.1 Å². The zero-order valence-electron chi connectivity index (χ0n) is 20.5. The van der Waals surface area contributed by atoms with Gasteiger partial charge in [0.25, 0.3) is 11.8 Å². The van der Waals surface area contributed by atoms with Gasteiger partial charge in [-0.2, -0.15) is 0 Å². The third-order valence-corrected chi connectivity index (χ3v) is 6.05. The van der Waals surface area contributed by atoms with Gasteiger partial charge >= 0.3 is 6.09 Å². The molecule has 2 fully saturated rings. The molecule has 188 valence electrons. The first-order valence-corrected chi connectivity index (χ1v) is 12.2. The second kappa shape index (κ2) is 10.5. The molecule has 2 aromatic rings. The normalized spacial score (nSPS) is 18.3. The number of carbonyl (C=O) groups is 3. The van der Waals surface area contributed by atoms with Crippen LogP contribution in [0.5, 0.6) is 11.5 Å². The maximum atomic E-state index is 13.3. The fourth-order valence-electron chi connectivity index (χ4n) is 4.01. The number of allylic oxidation sites excluding steroid dienone is 1. The highest BCUT2D eigenvalue weighted by Gasteiger charge is 2.36. The second-order valence-electron chi connectivity index (χ2n) is 9.69. The monoisotopic (exact) mass is 507 g/mol. The Morgan fingerprint density at radius 3 is 2.22 bits per heavy atom. The average molecular weight is 508 g/mol. The summed E-state index contributed by atoms with van der Waals surface area (Å²) in [5.41, 5.74) is 0.0102. The van der Waals surface area contributed by atoms with Gasteiger partial charge in [0.15, 0.2) is 5.11 Å². The maximum absolute atomic E-state index is 13.3. The van der Waals surface area contributed by atoms with Gasteiger partial charge in [0.2, 0.25) is 0 Å². The Labute approximate surface area is 215 Å². The SMILES string of the molecule is CC(C)(C)OC(=O)N1CCC(/C=C2\C(=O)NC(=S)N(c3ccc(Oc4ccccc4)cc3)C2=O)CC1. The molecule has 1 N–H and O–H groups in total. The van der Waals surface area contributed by atoms with Gasteiger partial charge in [0.05, 0.1) is 5.69 Å². The van der Waals surface area contributed by atoms with E-state index in [1.807, 2.05) is 51.1 Å². The van der Waals surface area contributed by atoms with Crippen molar-refractivity contribution in [1.82, 2.24) is 10.2 Å². The van der Waals surface area contributed by atoms with Gasteiger partial charge in [0.1, 0.15) is 22.7 Å². The van der Waals surface area contributed by atoms with E-state index >= 15 is 0 Å². The molecule has 0 radical (unpaired) electrons. The molecule has 4 rings (SSSR count). The number of carbonyl (C=O) groups excluding carboxylic acids is 3. The lowest BCUT2D eigenvalue weighted by Crippen LogP contribution is -2.54. The van der Waals surface area contributed by atoms with Crippen molar-refractivity contribution < 1.29 is 23.9 Å². The lowest BCUT2D eigenvalue weighted by molar-refractivity contribution is -0.122. The van der Waals surface area contributed by atoms with Crippen molar-refractivity contribution in [3.8, 4) is 11.5 Å². The number of para-hydroxylation sites is 1. The minimum Gasteiger partial charge on any atom is -0.457 e. The van der Waals surface area contributed by atoms with Crippen LogP contribution < -0.4 is 15.0 Å². The van der Waals surface area contributed by atoms with Crippen LogP contribution in [0.4, 0.5) is 10.5 Å². The number of nitrogens with one attached hydrogen (secondary N) is 1. The molecule has 0 aliphatic carbocycles. The topological polar surface area (TPSA) is 88.2 Å². The van der Waals surface area contributed by atoms with Crippen LogP contribution in [0.2, 0.25) is 0 Å². The molecule has 0 spiro atoms. The van der Waals surface area contributed by atoms with E-state index in [-0.39, 0.29) is 22.7 Å². The first kappa shape index (κ1) is 25.4. The molecule has 3 amide bonds. The maximum Gasteiger partial charge on any atom is 0.410 e. The van der Waals surface area contributed by atoms with Gasteiger partial charge in [-0.15, -0.1) is 0 Å². The molecule has 2 saturated heterocycles. The summed E-state index contributed by atoms with van der Waals surface area (Å²) in [6.45, 7) is 6.47. The molecule has 2 aliphatic heterocycles. The Bertz CT molecular complexity index is 1180. The summed E-state index contributed by atoms with van der Waals surface area (Å²) in [6, 6.07) is 16.3. The lowest BCUT2D eigenvalue weighted by atomic mass is 9.93. The van der Waals surface area contributed by atoms with Crippen LogP contribution >= 0.6 is 12.2 Å². The largest absolute Gasteiger partial charge is 0.457 e. The Morgan fingerprint density at radius 1 is 1.00 bits per heavy atom. The molecule has 8 nitrogen and oxygen atoms in total. The summed E-state index contributed by atoms with van der Waals surface area (Å²) in [7, 11) is 0. The Hall–Kier alpha value is -3.72. The molecule has 9 heteroatoms. The molecular weight excluding hydrogens is 478 g/mol. The van der Waals surface area contributed by atoms with E-state index in [4.69, 9.17) is 21.7 Å². The van der Waals surface area contributed by atoms with Gasteiger partial charge in [-0.3, -0.25) is 19.8 Å². The summed E-state index contributed by atoms with van der Waals surface area (Å²) in [6.07, 6.45) is 2.60. The third kappa shape index (κ3) is 6.09. The summed E-state index contributed by atoms with van der Waals surface area (Å²) in [5.74, 6) is 0.292. The minimum atomic E-state index is -0.559. The first-order chi connectivity index (χ1) is 17.1. The molecule has 0 saturated carbocycles. The quantitative estimate of drug-likeness (QED) is 0.363. The molecule has 0 unspecified atom stereocenters. The van der Waals surface area contributed by atoms with E-state index in [1.165, 1.54) is 4.90 Å². The first-order valence-electron chi connectivity index (χ1n) is 11.8. The predicted molar refractivity (Wildman–Crippen MR) is 140 cm³/mol. The minimum absolute atomic E-state index is 0.0245. The van der Waals surface area contributed by atoms with Crippen molar-refractivity contribution in [2.75, 3.05) is 18.0 Å². The second-order valence-corrected chi connectivity index (χ2v) is 10.1. The number of anilines is 1. The van der Waals surface area contributed by atoms with E-state index in [9.17, 15) is 14.4 Å². The lowest BCUT2D eigenvalue weighted by Gasteiger charge is -2.33. The summed E-state index contributed by atoms with van der Waals surface area (Å²) in [5, 5.41) is 2.65. The van der Waals surface area contributed by atoms with Crippen molar-refractivity contribution in [2.45, 2.75) is 39.2 Å². The molecule has 0 aromatic heterocycles. The molecule has 0 atom stereocenters. The standard InChI is InChI=1S/C27H29N3O5S/c1-27(2,3)35-26(33)29-15-13-18(14-16-29)17-22-23(31)28-25(36)30(24(22)32)19-9-11-21(12-10-19)34-20-7-5-4-6-8-20/h4-12,17-18H,13-16H2,1-3H3,(H,28,31,36)/b22-17+. The fraction of sp³-hybridized carbons (Fsp3) is 0.333. The van der Waals surface area contributed by atoms with Gasteiger partial charge in [-0.25, -0.2) is 4.79 Å². The van der Waals surface area contributed by atoms with E-state index in [1.54, 1.807) is 35.2 Å². The van der Waals surface area contributed by atoms with Crippen molar-refractivity contribution in [3.63, 3.8) is 0 Å². The van der Waals surface area contributed by atoms with Crippen LogP contribution in [0.1, 0.15) is 33.6 Å². The summed E-state index contributed by atoms with van der Waals surface area (Å²) in [4.78, 5) is 41.2. The number of hydrogen-bond donors (Lipinski definition) is 1. The Morgan fingerprint density at radius 2 is 1.61 bits per heavy atom. The summed E-state index contributed by atoms with van der Waals surface area (Å²) < 4.78 is 11.2. The molecule has 2 heterocycles. The predicted octanol–water partition coefficient (Wildman–Crippen LogP) is 4.80. The highest BCUT2D eigenvalue weighted by molar-refractivity contribution is 7.80. The highest BCUT2D eigenvalue weighted by Crippen LogP contribution is 2.28. The number of rotatable bonds is 4. The van der Waals surface area contributed by atoms with Crippen LogP contribution in [-0.4, -0.2) is 46.6 Å². The van der Waals surface area contributed by atoms with Gasteiger partial charge < -0.3 is 14.4 Å². The smallest absolute Gasteiger partial charge is 0.410 e. The van der Waals surface area contributed by atoms with Crippen LogP contribution in [0.3, 0.4) is 0 Å². The molecule has 36 heavy (non-hydrogen) atoms. The number of piperidine rings is 1. The van der Waals surface area contributed by atoms with Crippen molar-refractivity contribution in [2.24, 2.45) is 5.92 Å².